The monoisotopic (exact) mass is 482 g/mol. The van der Waals surface area contributed by atoms with Gasteiger partial charge in [-0.25, -0.2) is 4.39 Å². The smallest absolute Gasteiger partial charge is 0.184 e. The summed E-state index contributed by atoms with van der Waals surface area (Å²) in [6.07, 6.45) is 4.72. The first-order chi connectivity index (χ1) is 16.3. The van der Waals surface area contributed by atoms with Gasteiger partial charge in [0.2, 0.25) is 0 Å². The molecule has 0 unspecified atom stereocenters. The number of hydrogen-bond donors (Lipinski definition) is 2. The molecule has 4 rings (SSSR count). The van der Waals surface area contributed by atoms with E-state index in [2.05, 4.69) is 70.5 Å². The van der Waals surface area contributed by atoms with Gasteiger partial charge in [-0.1, -0.05) is 29.8 Å². The van der Waals surface area contributed by atoms with Crippen LogP contribution in [0.4, 0.5) is 15.8 Å². The Morgan fingerprint density at radius 2 is 1.85 bits per heavy atom. The van der Waals surface area contributed by atoms with E-state index in [9.17, 15) is 0 Å². The normalized spacial score (nSPS) is 19.4. The van der Waals surface area contributed by atoms with Crippen LogP contribution in [0.1, 0.15) is 41.9 Å². The molecule has 2 aromatic rings. The number of aryl methyl sites for hydroxylation is 1. The molecule has 2 aliphatic heterocycles. The molecule has 182 valence electrons. The summed E-state index contributed by atoms with van der Waals surface area (Å²) in [4.78, 5) is 6.77. The number of hydrazone groups is 1. The first-order valence-electron chi connectivity index (χ1n) is 12.0. The van der Waals surface area contributed by atoms with Crippen LogP contribution in [-0.4, -0.2) is 62.5 Å². The van der Waals surface area contributed by atoms with Crippen molar-refractivity contribution in [1.29, 1.82) is 0 Å². The van der Waals surface area contributed by atoms with E-state index in [1.807, 2.05) is 6.07 Å². The zero-order valence-corrected chi connectivity index (χ0v) is 21.1. The molecule has 2 fully saturated rings. The van der Waals surface area contributed by atoms with Gasteiger partial charge in [-0.2, -0.15) is 5.10 Å². The molecule has 2 aliphatic rings. The van der Waals surface area contributed by atoms with Crippen molar-refractivity contribution in [2.24, 2.45) is 10.8 Å². The number of thiocarbonyl (C=S) groups is 1. The molecule has 0 radical (unpaired) electrons. The number of hydrogen-bond acceptors (Lipinski definition) is 5. The van der Waals surface area contributed by atoms with Crippen molar-refractivity contribution in [1.82, 2.24) is 10.3 Å². The quantitative estimate of drug-likeness (QED) is 0.371. The summed E-state index contributed by atoms with van der Waals surface area (Å²) in [6, 6.07) is 12.8. The molecule has 2 aromatic carbocycles. The number of anilines is 2. The molecule has 0 bridgehead atoms. The molecular formula is C26H35FN6S. The highest BCUT2D eigenvalue weighted by atomic mass is 32.1. The van der Waals surface area contributed by atoms with E-state index in [1.165, 1.54) is 11.1 Å². The van der Waals surface area contributed by atoms with Crippen LogP contribution in [-0.2, 0) is 0 Å². The van der Waals surface area contributed by atoms with Crippen molar-refractivity contribution in [2.75, 3.05) is 50.1 Å². The maximum atomic E-state index is 15.4. The van der Waals surface area contributed by atoms with Crippen LogP contribution in [0.25, 0.3) is 0 Å². The lowest BCUT2D eigenvalue weighted by atomic mass is 9.88. The van der Waals surface area contributed by atoms with Gasteiger partial charge in [-0.3, -0.25) is 5.43 Å². The van der Waals surface area contributed by atoms with Gasteiger partial charge in [-0.05, 0) is 76.1 Å². The second kappa shape index (κ2) is 10.7. The molecule has 34 heavy (non-hydrogen) atoms. The van der Waals surface area contributed by atoms with Crippen LogP contribution in [0.15, 0.2) is 41.5 Å². The van der Waals surface area contributed by atoms with Crippen molar-refractivity contribution in [3.8, 4) is 0 Å². The van der Waals surface area contributed by atoms with Crippen LogP contribution in [0.5, 0.6) is 0 Å². The molecule has 1 atom stereocenters. The van der Waals surface area contributed by atoms with Crippen molar-refractivity contribution in [3.63, 3.8) is 0 Å². The van der Waals surface area contributed by atoms with Crippen LogP contribution < -0.4 is 21.0 Å². The second-order valence-electron chi connectivity index (χ2n) is 9.62. The maximum Gasteiger partial charge on any atom is 0.184 e. The molecule has 0 amide bonds. The third-order valence-electron chi connectivity index (χ3n) is 7.06. The molecule has 3 N–H and O–H groups in total. The summed E-state index contributed by atoms with van der Waals surface area (Å²) in [5.74, 6) is 0.300. The number of nitrogens with zero attached hydrogens (tertiary/aromatic N) is 4. The lowest BCUT2D eigenvalue weighted by molar-refractivity contribution is 0.315. The van der Waals surface area contributed by atoms with E-state index in [0.29, 0.717) is 17.6 Å². The summed E-state index contributed by atoms with van der Waals surface area (Å²) < 4.78 is 15.4. The minimum Gasteiger partial charge on any atom is -0.375 e. The van der Waals surface area contributed by atoms with E-state index < -0.39 is 0 Å². The van der Waals surface area contributed by atoms with Crippen molar-refractivity contribution >= 4 is 34.9 Å². The maximum absolute atomic E-state index is 15.4. The standard InChI is InChI=1S/C26H35FN6S/c1-18-5-4-6-20(13-18)19-7-10-32(11-8-19)25-15-24(33-12-9-22(17-33)31(2)3)21(14-23(25)27)16-29-30-26(28)34/h4-6,13-16,19,22H,7-12,17H2,1-3H3,(H3,28,30,34)/b29-16+/t22-/m1/s1. The average Bonchev–Trinajstić information content (AvgIpc) is 3.30. The molecular weight excluding hydrogens is 447 g/mol. The number of piperidine rings is 1. The first kappa shape index (κ1) is 24.4. The van der Waals surface area contributed by atoms with Crippen LogP contribution in [0, 0.1) is 12.7 Å². The predicted molar refractivity (Wildman–Crippen MR) is 144 cm³/mol. The van der Waals surface area contributed by atoms with Crippen LogP contribution in [0.3, 0.4) is 0 Å². The minimum absolute atomic E-state index is 0.0835. The summed E-state index contributed by atoms with van der Waals surface area (Å²) >= 11 is 4.84. The number of nitrogens with two attached hydrogens (primary N) is 1. The Morgan fingerprint density at radius 1 is 1.12 bits per heavy atom. The molecule has 0 aliphatic carbocycles. The Balaban J connectivity index is 1.57. The third-order valence-corrected chi connectivity index (χ3v) is 7.15. The van der Waals surface area contributed by atoms with Gasteiger partial charge in [-0.15, -0.1) is 0 Å². The highest BCUT2D eigenvalue weighted by Gasteiger charge is 2.28. The zero-order valence-electron chi connectivity index (χ0n) is 20.3. The fraction of sp³-hybridized carbons (Fsp3) is 0.462. The van der Waals surface area contributed by atoms with Gasteiger partial charge >= 0.3 is 0 Å². The van der Waals surface area contributed by atoms with Gasteiger partial charge < -0.3 is 20.4 Å². The van der Waals surface area contributed by atoms with E-state index in [0.717, 1.165) is 56.7 Å². The molecule has 6 nitrogen and oxygen atoms in total. The van der Waals surface area contributed by atoms with Crippen molar-refractivity contribution in [2.45, 2.75) is 38.1 Å². The number of likely N-dealkylation sites (N-methyl/N-ethyl adjacent to an activating group) is 1. The summed E-state index contributed by atoms with van der Waals surface area (Å²) in [6.45, 7) is 5.64. The van der Waals surface area contributed by atoms with Gasteiger partial charge in [0.25, 0.3) is 0 Å². The highest BCUT2D eigenvalue weighted by molar-refractivity contribution is 7.80. The summed E-state index contributed by atoms with van der Waals surface area (Å²) in [5.41, 5.74) is 13.1. The number of benzene rings is 2. The topological polar surface area (TPSA) is 60.1 Å². The van der Waals surface area contributed by atoms with E-state index in [-0.39, 0.29) is 10.9 Å². The van der Waals surface area contributed by atoms with E-state index in [4.69, 9.17) is 18.0 Å². The van der Waals surface area contributed by atoms with Gasteiger partial charge in [0, 0.05) is 43.5 Å². The first-order valence-corrected chi connectivity index (χ1v) is 12.4. The van der Waals surface area contributed by atoms with Gasteiger partial charge in [0.1, 0.15) is 5.82 Å². The number of nitrogens with one attached hydrogen (secondary N) is 1. The van der Waals surface area contributed by atoms with E-state index in [1.54, 1.807) is 12.3 Å². The SMILES string of the molecule is Cc1cccc(C2CCN(c3cc(N4CC[C@@H](N(C)C)C4)c(/C=N/NC(N)=S)cc3F)CC2)c1. The van der Waals surface area contributed by atoms with Crippen molar-refractivity contribution in [3.05, 3.63) is 58.9 Å². The van der Waals surface area contributed by atoms with Gasteiger partial charge in [0.15, 0.2) is 5.11 Å². The Bertz CT molecular complexity index is 1050. The fourth-order valence-electron chi connectivity index (χ4n) is 5.11. The van der Waals surface area contributed by atoms with E-state index >= 15 is 4.39 Å². The Kier molecular flexibility index (Phi) is 7.68. The van der Waals surface area contributed by atoms with Gasteiger partial charge in [0.05, 0.1) is 11.9 Å². The zero-order chi connectivity index (χ0) is 24.2. The summed E-state index contributed by atoms with van der Waals surface area (Å²) in [7, 11) is 4.22. The molecule has 2 saturated heterocycles. The Labute approximate surface area is 207 Å². The molecule has 0 aromatic heterocycles. The molecule has 8 heteroatoms. The molecule has 0 saturated carbocycles. The lowest BCUT2D eigenvalue weighted by Crippen LogP contribution is -2.34. The average molecular weight is 483 g/mol. The van der Waals surface area contributed by atoms with Crippen molar-refractivity contribution < 1.29 is 4.39 Å². The predicted octanol–water partition coefficient (Wildman–Crippen LogP) is 3.83. The summed E-state index contributed by atoms with van der Waals surface area (Å²) in [5, 5.41) is 4.19. The second-order valence-corrected chi connectivity index (χ2v) is 10.1. The fourth-order valence-corrected chi connectivity index (χ4v) is 5.16. The van der Waals surface area contributed by atoms with Crippen LogP contribution in [0.2, 0.25) is 0 Å². The molecule has 0 spiro atoms. The highest BCUT2D eigenvalue weighted by Crippen LogP contribution is 2.36. The molecule has 2 heterocycles. The Morgan fingerprint density at radius 3 is 2.50 bits per heavy atom. The lowest BCUT2D eigenvalue weighted by Gasteiger charge is -2.35. The van der Waals surface area contributed by atoms with Crippen LogP contribution >= 0.6 is 12.2 Å². The minimum atomic E-state index is -0.224. The Hall–Kier alpha value is -2.71. The largest absolute Gasteiger partial charge is 0.375 e. The third kappa shape index (κ3) is 5.67. The number of rotatable bonds is 6. The number of halogens is 1.